The van der Waals surface area contributed by atoms with Gasteiger partial charge in [0.05, 0.1) is 6.61 Å². The van der Waals surface area contributed by atoms with Gasteiger partial charge in [-0.1, -0.05) is 30.3 Å². The number of hydrogen-bond acceptors (Lipinski definition) is 6. The number of nitrogens with one attached hydrogen (secondary N) is 2. The third-order valence-corrected chi connectivity index (χ3v) is 3.22. The summed E-state index contributed by atoms with van der Waals surface area (Å²) in [6, 6.07) is 13.2. The number of hydrazone groups is 1. The number of hydrogen-bond donors (Lipinski definition) is 2. The van der Waals surface area contributed by atoms with Crippen LogP contribution in [0.25, 0.3) is 11.1 Å². The van der Waals surface area contributed by atoms with E-state index < -0.39 is 11.7 Å². The molecular weight excluding hydrogens is 306 g/mol. The number of nitriles is 2. The molecule has 0 amide bonds. The molecular formula is C17H15N5O2. The number of aromatic nitrogens is 1. The Labute approximate surface area is 139 Å². The average Bonchev–Trinajstić information content (AvgIpc) is 2.92. The van der Waals surface area contributed by atoms with Crippen molar-refractivity contribution in [2.24, 2.45) is 5.10 Å². The van der Waals surface area contributed by atoms with Gasteiger partial charge in [0.1, 0.15) is 23.5 Å². The van der Waals surface area contributed by atoms with Gasteiger partial charge in [-0.3, -0.25) is 5.43 Å². The molecule has 0 spiro atoms. The summed E-state index contributed by atoms with van der Waals surface area (Å²) in [7, 11) is 0. The van der Waals surface area contributed by atoms with Crippen LogP contribution in [0.5, 0.6) is 0 Å². The van der Waals surface area contributed by atoms with Gasteiger partial charge >= 0.3 is 5.97 Å². The average molecular weight is 321 g/mol. The van der Waals surface area contributed by atoms with Crippen molar-refractivity contribution in [1.29, 1.82) is 10.5 Å². The molecule has 0 unspecified atom stereocenters. The second-order valence-corrected chi connectivity index (χ2v) is 4.76. The largest absolute Gasteiger partial charge is 0.461 e. The van der Waals surface area contributed by atoms with Crippen LogP contribution >= 0.6 is 0 Å². The molecule has 0 fully saturated rings. The molecule has 2 N–H and O–H groups in total. The fourth-order valence-corrected chi connectivity index (χ4v) is 2.21. The molecule has 0 aliphatic rings. The third-order valence-electron chi connectivity index (χ3n) is 3.22. The second kappa shape index (κ2) is 7.61. The smallest absolute Gasteiger partial charge is 0.369 e. The van der Waals surface area contributed by atoms with Gasteiger partial charge in [0.25, 0.3) is 0 Å². The van der Waals surface area contributed by atoms with E-state index in [1.807, 2.05) is 37.3 Å². The number of anilines is 1. The summed E-state index contributed by atoms with van der Waals surface area (Å²) < 4.78 is 4.73. The first kappa shape index (κ1) is 16.8. The highest BCUT2D eigenvalue weighted by Gasteiger charge is 2.17. The Morgan fingerprint density at radius 2 is 2.04 bits per heavy atom. The van der Waals surface area contributed by atoms with Gasteiger partial charge in [0.15, 0.2) is 0 Å². The van der Waals surface area contributed by atoms with Gasteiger partial charge in [-0.25, -0.2) is 4.79 Å². The SMILES string of the molecule is CCOC(=O)/C(C#N)=N/Nc1[nH]c(C)c(-c2ccccc2)c1C#N. The highest BCUT2D eigenvalue weighted by atomic mass is 16.5. The van der Waals surface area contributed by atoms with Crippen molar-refractivity contribution in [3.63, 3.8) is 0 Å². The van der Waals surface area contributed by atoms with Crippen molar-refractivity contribution in [2.45, 2.75) is 13.8 Å². The number of benzene rings is 1. The minimum atomic E-state index is -0.822. The fourth-order valence-electron chi connectivity index (χ4n) is 2.21. The zero-order valence-corrected chi connectivity index (χ0v) is 13.3. The van der Waals surface area contributed by atoms with Crippen LogP contribution in [0.1, 0.15) is 18.2 Å². The molecule has 7 nitrogen and oxygen atoms in total. The van der Waals surface area contributed by atoms with Crippen molar-refractivity contribution in [3.8, 4) is 23.3 Å². The maximum Gasteiger partial charge on any atom is 0.369 e. The second-order valence-electron chi connectivity index (χ2n) is 4.76. The summed E-state index contributed by atoms with van der Waals surface area (Å²) in [5.74, 6) is -0.511. The highest BCUT2D eigenvalue weighted by molar-refractivity contribution is 6.43. The van der Waals surface area contributed by atoms with Crippen LogP contribution < -0.4 is 5.43 Å². The minimum Gasteiger partial charge on any atom is -0.461 e. The zero-order chi connectivity index (χ0) is 17.5. The van der Waals surface area contributed by atoms with E-state index >= 15 is 0 Å². The lowest BCUT2D eigenvalue weighted by Gasteiger charge is -2.02. The number of esters is 1. The molecule has 2 aromatic rings. The number of aromatic amines is 1. The third kappa shape index (κ3) is 3.42. The molecule has 1 aromatic carbocycles. The Morgan fingerprint density at radius 3 is 2.62 bits per heavy atom. The van der Waals surface area contributed by atoms with Crippen LogP contribution in [0.15, 0.2) is 35.4 Å². The van der Waals surface area contributed by atoms with E-state index in [9.17, 15) is 10.1 Å². The van der Waals surface area contributed by atoms with E-state index in [-0.39, 0.29) is 6.61 Å². The number of H-pyrrole nitrogens is 1. The molecule has 0 atom stereocenters. The molecule has 0 radical (unpaired) electrons. The number of carbonyl (C=O) groups excluding carboxylic acids is 1. The maximum atomic E-state index is 11.6. The summed E-state index contributed by atoms with van der Waals surface area (Å²) in [6.45, 7) is 3.60. The Kier molecular flexibility index (Phi) is 5.32. The summed E-state index contributed by atoms with van der Waals surface area (Å²) >= 11 is 0. The van der Waals surface area contributed by atoms with Crippen LogP contribution in [0.3, 0.4) is 0 Å². The van der Waals surface area contributed by atoms with Crippen molar-refractivity contribution >= 4 is 17.5 Å². The van der Waals surface area contributed by atoms with Gasteiger partial charge in [-0.05, 0) is 19.4 Å². The summed E-state index contributed by atoms with van der Waals surface area (Å²) in [5.41, 5.74) is 4.89. The number of carbonyl (C=O) groups is 1. The van der Waals surface area contributed by atoms with E-state index in [2.05, 4.69) is 21.6 Å². The first-order valence-corrected chi connectivity index (χ1v) is 7.21. The standard InChI is InChI=1S/C17H15N5O2/c1-3-24-17(23)14(10-19)21-22-16-13(9-18)15(11(2)20-16)12-7-5-4-6-8-12/h4-8,20,22H,3H2,1-2H3/b21-14+. The van der Waals surface area contributed by atoms with Crippen molar-refractivity contribution in [1.82, 2.24) is 4.98 Å². The molecule has 24 heavy (non-hydrogen) atoms. The maximum absolute atomic E-state index is 11.6. The van der Waals surface area contributed by atoms with E-state index in [1.165, 1.54) is 0 Å². The lowest BCUT2D eigenvalue weighted by Crippen LogP contribution is -2.17. The van der Waals surface area contributed by atoms with E-state index in [4.69, 9.17) is 10.00 Å². The normalized spacial score (nSPS) is 10.6. The van der Waals surface area contributed by atoms with Crippen LogP contribution in [-0.2, 0) is 9.53 Å². The topological polar surface area (TPSA) is 114 Å². The summed E-state index contributed by atoms with van der Waals surface area (Å²) in [5, 5.41) is 22.2. The molecule has 7 heteroatoms. The minimum absolute atomic E-state index is 0.142. The van der Waals surface area contributed by atoms with Crippen molar-refractivity contribution in [3.05, 3.63) is 41.6 Å². The first-order chi connectivity index (χ1) is 11.6. The van der Waals surface area contributed by atoms with Crippen LogP contribution in [0.2, 0.25) is 0 Å². The molecule has 1 heterocycles. The molecule has 0 aliphatic carbocycles. The Hall–Kier alpha value is -3.58. The van der Waals surface area contributed by atoms with Gasteiger partial charge in [-0.15, -0.1) is 0 Å². The Balaban J connectivity index is 2.38. The van der Waals surface area contributed by atoms with Crippen LogP contribution in [0, 0.1) is 29.6 Å². The molecule has 2 rings (SSSR count). The molecule has 120 valence electrons. The van der Waals surface area contributed by atoms with E-state index in [1.54, 1.807) is 13.0 Å². The lowest BCUT2D eigenvalue weighted by molar-refractivity contribution is -0.134. The fraction of sp³-hybridized carbons (Fsp3) is 0.176. The first-order valence-electron chi connectivity index (χ1n) is 7.21. The molecule has 0 aliphatic heterocycles. The Morgan fingerprint density at radius 1 is 1.33 bits per heavy atom. The summed E-state index contributed by atoms with van der Waals surface area (Å²) in [6.07, 6.45) is 0. The van der Waals surface area contributed by atoms with Crippen molar-refractivity contribution in [2.75, 3.05) is 12.0 Å². The van der Waals surface area contributed by atoms with E-state index in [0.29, 0.717) is 11.4 Å². The van der Waals surface area contributed by atoms with E-state index in [0.717, 1.165) is 16.8 Å². The predicted octanol–water partition coefficient (Wildman–Crippen LogP) is 2.72. The van der Waals surface area contributed by atoms with Crippen molar-refractivity contribution < 1.29 is 9.53 Å². The molecule has 1 aromatic heterocycles. The van der Waals surface area contributed by atoms with Gasteiger partial charge < -0.3 is 9.72 Å². The quantitative estimate of drug-likeness (QED) is 0.499. The summed E-state index contributed by atoms with van der Waals surface area (Å²) in [4.78, 5) is 14.6. The number of aryl methyl sites for hydroxylation is 1. The number of rotatable bonds is 5. The number of nitrogens with zero attached hydrogens (tertiary/aromatic N) is 3. The predicted molar refractivity (Wildman–Crippen MR) is 89.0 cm³/mol. The molecule has 0 saturated carbocycles. The Bertz CT molecular complexity index is 854. The van der Waals surface area contributed by atoms with Gasteiger partial charge in [0.2, 0.25) is 5.71 Å². The van der Waals surface area contributed by atoms with Gasteiger partial charge in [-0.2, -0.15) is 15.6 Å². The molecule has 0 saturated heterocycles. The lowest BCUT2D eigenvalue weighted by atomic mass is 10.0. The van der Waals surface area contributed by atoms with Crippen LogP contribution in [-0.4, -0.2) is 23.3 Å². The monoisotopic (exact) mass is 321 g/mol. The highest BCUT2D eigenvalue weighted by Crippen LogP contribution is 2.32. The van der Waals surface area contributed by atoms with Gasteiger partial charge in [0, 0.05) is 11.3 Å². The number of ether oxygens (including phenoxy) is 1. The van der Waals surface area contributed by atoms with Crippen LogP contribution in [0.4, 0.5) is 5.82 Å². The molecule has 0 bridgehead atoms. The zero-order valence-electron chi connectivity index (χ0n) is 13.3.